The van der Waals surface area contributed by atoms with Crippen molar-refractivity contribution in [2.24, 2.45) is 0 Å². The first-order valence-electron chi connectivity index (χ1n) is 16.9. The maximum absolute atomic E-state index is 8.63. The first kappa shape index (κ1) is 19.5. The van der Waals surface area contributed by atoms with Crippen LogP contribution in [0.4, 0.5) is 0 Å². The molecule has 0 saturated carbocycles. The number of rotatable bonds is 3. The summed E-state index contributed by atoms with van der Waals surface area (Å²) in [5.74, 6) is 0. The second kappa shape index (κ2) is 9.44. The van der Waals surface area contributed by atoms with E-state index < -0.39 is 6.04 Å². The van der Waals surface area contributed by atoms with Crippen LogP contribution >= 0.6 is 0 Å². The van der Waals surface area contributed by atoms with Crippen molar-refractivity contribution < 1.29 is 11.3 Å². The molecule has 43 heavy (non-hydrogen) atoms. The van der Waals surface area contributed by atoms with Gasteiger partial charge in [-0.2, -0.15) is 0 Å². The summed E-state index contributed by atoms with van der Waals surface area (Å²) in [4.78, 5) is 0. The van der Waals surface area contributed by atoms with Crippen molar-refractivity contribution in [1.29, 1.82) is 0 Å². The van der Waals surface area contributed by atoms with Crippen molar-refractivity contribution in [3.05, 3.63) is 158 Å². The Balaban J connectivity index is 1.32. The number of hydrogen-bond donors (Lipinski definition) is 0. The highest BCUT2D eigenvalue weighted by Crippen LogP contribution is 2.46. The van der Waals surface area contributed by atoms with E-state index in [1.54, 1.807) is 12.1 Å². The second-order valence-electron chi connectivity index (χ2n) is 10.9. The molecule has 9 rings (SSSR count). The predicted octanol–water partition coefficient (Wildman–Crippen LogP) is 12.0. The van der Waals surface area contributed by atoms with Crippen molar-refractivity contribution in [2.75, 3.05) is 0 Å². The Hall–Kier alpha value is -5.66. The molecule has 8 aromatic carbocycles. The van der Waals surface area contributed by atoms with Gasteiger partial charge in [-0.15, -0.1) is 0 Å². The summed E-state index contributed by atoms with van der Waals surface area (Å²) in [7, 11) is 0. The molecule has 9 aromatic rings. The van der Waals surface area contributed by atoms with Crippen molar-refractivity contribution in [3.8, 4) is 33.4 Å². The molecule has 0 unspecified atom stereocenters. The number of hydrogen-bond acceptors (Lipinski definition) is 1. The fourth-order valence-electron chi connectivity index (χ4n) is 6.75. The highest BCUT2D eigenvalue weighted by Gasteiger charge is 2.19. The van der Waals surface area contributed by atoms with E-state index in [4.69, 9.17) is 11.3 Å². The maximum Gasteiger partial charge on any atom is 0.136 e. The lowest BCUT2D eigenvalue weighted by Gasteiger charge is -2.18. The Morgan fingerprint density at radius 2 is 1.02 bits per heavy atom. The highest BCUT2D eigenvalue weighted by molar-refractivity contribution is 6.24. The van der Waals surface area contributed by atoms with Crippen molar-refractivity contribution in [1.82, 2.24) is 0 Å². The second-order valence-corrected chi connectivity index (χ2v) is 10.9. The summed E-state index contributed by atoms with van der Waals surface area (Å²) in [5, 5.41) is 8.54. The molecule has 0 N–H and O–H groups in total. The number of furan rings is 1. The van der Waals surface area contributed by atoms with Crippen LogP contribution in [0.5, 0.6) is 0 Å². The fraction of sp³-hybridized carbons (Fsp3) is 0. The summed E-state index contributed by atoms with van der Waals surface area (Å²) >= 11 is 0. The average Bonchev–Trinajstić information content (AvgIpc) is 3.50. The maximum atomic E-state index is 8.63. The lowest BCUT2D eigenvalue weighted by molar-refractivity contribution is 0.669. The average molecular weight is 552 g/mol. The molecule has 1 heterocycles. The van der Waals surface area contributed by atoms with E-state index in [2.05, 4.69) is 103 Å². The summed E-state index contributed by atoms with van der Waals surface area (Å²) in [5.41, 5.74) is 6.47. The molecular formula is C42H26O. The van der Waals surface area contributed by atoms with Crippen LogP contribution in [-0.2, 0) is 0 Å². The Kier molecular flexibility index (Phi) is 4.27. The molecule has 0 radical (unpaired) electrons. The summed E-state index contributed by atoms with van der Waals surface area (Å²) in [6.45, 7) is 0. The third-order valence-electron chi connectivity index (χ3n) is 8.55. The largest absolute Gasteiger partial charge is 0.456 e. The minimum Gasteiger partial charge on any atom is -0.456 e. The van der Waals surface area contributed by atoms with Gasteiger partial charge in [-0.3, -0.25) is 0 Å². The van der Waals surface area contributed by atoms with Gasteiger partial charge in [0.15, 0.2) is 0 Å². The summed E-state index contributed by atoms with van der Waals surface area (Å²) in [6.07, 6.45) is 0. The van der Waals surface area contributed by atoms with Gasteiger partial charge in [-0.05, 0) is 83.9 Å². The van der Waals surface area contributed by atoms with Gasteiger partial charge in [-0.25, -0.2) is 0 Å². The van der Waals surface area contributed by atoms with Crippen molar-refractivity contribution >= 4 is 54.3 Å². The van der Waals surface area contributed by atoms with Gasteiger partial charge in [0.1, 0.15) is 11.2 Å². The molecule has 0 atom stereocenters. The molecule has 0 aliphatic heterocycles. The van der Waals surface area contributed by atoms with Gasteiger partial charge >= 0.3 is 0 Å². The van der Waals surface area contributed by atoms with Crippen LogP contribution < -0.4 is 0 Å². The highest BCUT2D eigenvalue weighted by atomic mass is 16.3. The van der Waals surface area contributed by atoms with Crippen LogP contribution in [0.2, 0.25) is 0 Å². The van der Waals surface area contributed by atoms with Gasteiger partial charge < -0.3 is 4.42 Å². The molecule has 0 bridgehead atoms. The first-order valence-corrected chi connectivity index (χ1v) is 14.4. The zero-order valence-corrected chi connectivity index (χ0v) is 23.0. The molecule has 1 nitrogen and oxygen atoms in total. The van der Waals surface area contributed by atoms with Gasteiger partial charge in [0.2, 0.25) is 0 Å². The first-order chi connectivity index (χ1) is 23.4. The summed E-state index contributed by atoms with van der Waals surface area (Å²) in [6, 6.07) is 42.2. The Labute approximate surface area is 256 Å². The zero-order chi connectivity index (χ0) is 32.7. The zero-order valence-electron chi connectivity index (χ0n) is 28.0. The number of fused-ring (bicyclic) bond motifs is 6. The molecule has 0 aliphatic rings. The molecule has 200 valence electrons. The molecule has 0 aliphatic carbocycles. The molecule has 1 aromatic heterocycles. The van der Waals surface area contributed by atoms with Crippen LogP contribution in [0.1, 0.15) is 6.85 Å². The van der Waals surface area contributed by atoms with Crippen LogP contribution in [0.15, 0.2) is 162 Å². The predicted molar refractivity (Wildman–Crippen MR) is 183 cm³/mol. The lowest BCUT2D eigenvalue weighted by atomic mass is 9.84. The SMILES string of the molecule is [2H]c1c([2H])c([2H])c(-c2cccc3oc4cc(-c5c6ccccc6c(-c6cccc7ccccc67)c6ccccc56)ccc4c23)c([2H])c1[2H]. The summed E-state index contributed by atoms with van der Waals surface area (Å²) < 4.78 is 48.3. The van der Waals surface area contributed by atoms with E-state index in [-0.39, 0.29) is 29.7 Å². The van der Waals surface area contributed by atoms with Gasteiger partial charge in [0.05, 0.1) is 6.85 Å². The molecule has 0 amide bonds. The third-order valence-corrected chi connectivity index (χ3v) is 8.55. The standard InChI is InChI=1S/C42H26O/c1-2-12-28(13-3-1)31-21-11-23-38-42(31)37-25-24-29(26-39(37)43-38)40-33-17-6-8-19-35(33)41(36-20-9-7-18-34(36)40)32-22-10-15-27-14-4-5-16-30(27)32/h1-26H/i1D,2D,3D,12D,13D. The van der Waals surface area contributed by atoms with E-state index in [1.165, 1.54) is 21.9 Å². The van der Waals surface area contributed by atoms with Crippen LogP contribution in [0.25, 0.3) is 87.6 Å². The van der Waals surface area contributed by atoms with Gasteiger partial charge in [0.25, 0.3) is 0 Å². The monoisotopic (exact) mass is 551 g/mol. The molecular weight excluding hydrogens is 520 g/mol. The third kappa shape index (κ3) is 3.65. The lowest BCUT2D eigenvalue weighted by Crippen LogP contribution is -1.91. The number of benzene rings is 8. The van der Waals surface area contributed by atoms with Crippen LogP contribution in [0, 0.1) is 0 Å². The molecule has 0 fully saturated rings. The van der Waals surface area contributed by atoms with Crippen molar-refractivity contribution in [2.45, 2.75) is 0 Å². The fourth-order valence-corrected chi connectivity index (χ4v) is 6.75. The van der Waals surface area contributed by atoms with Crippen LogP contribution in [-0.4, -0.2) is 0 Å². The van der Waals surface area contributed by atoms with Gasteiger partial charge in [-0.1, -0.05) is 139 Å². The van der Waals surface area contributed by atoms with Crippen LogP contribution in [0.3, 0.4) is 0 Å². The minimum absolute atomic E-state index is 0.166. The van der Waals surface area contributed by atoms with E-state index in [1.807, 2.05) is 12.1 Å². The van der Waals surface area contributed by atoms with E-state index in [0.29, 0.717) is 16.7 Å². The van der Waals surface area contributed by atoms with E-state index in [9.17, 15) is 0 Å². The molecule has 0 saturated heterocycles. The van der Waals surface area contributed by atoms with E-state index in [0.717, 1.165) is 43.4 Å². The minimum atomic E-state index is -0.409. The Bertz CT molecular complexity index is 2700. The Morgan fingerprint density at radius 3 is 1.77 bits per heavy atom. The molecule has 1 heteroatoms. The topological polar surface area (TPSA) is 13.1 Å². The van der Waals surface area contributed by atoms with Crippen molar-refractivity contribution in [3.63, 3.8) is 0 Å². The van der Waals surface area contributed by atoms with E-state index >= 15 is 0 Å². The Morgan fingerprint density at radius 1 is 0.419 bits per heavy atom. The smallest absolute Gasteiger partial charge is 0.136 e. The van der Waals surface area contributed by atoms with Gasteiger partial charge in [0, 0.05) is 10.8 Å². The quantitative estimate of drug-likeness (QED) is 0.199. The normalized spacial score (nSPS) is 13.3. The molecule has 0 spiro atoms.